The van der Waals surface area contributed by atoms with Crippen molar-refractivity contribution in [1.82, 2.24) is 20.1 Å². The first-order chi connectivity index (χ1) is 21.9. The highest BCUT2D eigenvalue weighted by molar-refractivity contribution is 8.14. The SMILES string of the molecule is CC(C)c1cc(F)ccc1N1/C(=N/C(=O)NC2(c3ccc(-c4ncn(-c5ccc(OC(F)(F)F)cc5)n4)cc3)CC2)SCCC1C. The van der Waals surface area contributed by atoms with Gasteiger partial charge < -0.3 is 15.0 Å². The van der Waals surface area contributed by atoms with Gasteiger partial charge in [0.2, 0.25) is 0 Å². The minimum atomic E-state index is -4.76. The normalized spacial score (nSPS) is 18.6. The second-order valence-electron chi connectivity index (χ2n) is 11.8. The Morgan fingerprint density at radius 3 is 2.46 bits per heavy atom. The topological polar surface area (TPSA) is 84.6 Å². The Morgan fingerprint density at radius 1 is 1.09 bits per heavy atom. The fourth-order valence-corrected chi connectivity index (χ4v) is 6.74. The molecule has 0 spiro atoms. The van der Waals surface area contributed by atoms with E-state index in [1.54, 1.807) is 12.1 Å². The van der Waals surface area contributed by atoms with Crippen molar-refractivity contribution in [2.45, 2.75) is 63.9 Å². The van der Waals surface area contributed by atoms with Crippen molar-refractivity contribution in [2.24, 2.45) is 4.99 Å². The average Bonchev–Trinajstić information content (AvgIpc) is 3.61. The van der Waals surface area contributed by atoms with Crippen molar-refractivity contribution in [3.63, 3.8) is 0 Å². The summed E-state index contributed by atoms with van der Waals surface area (Å²) >= 11 is 1.52. The molecule has 0 bridgehead atoms. The maximum Gasteiger partial charge on any atom is 0.573 e. The summed E-state index contributed by atoms with van der Waals surface area (Å²) in [7, 11) is 0. The maximum absolute atomic E-state index is 14.1. The predicted octanol–water partition coefficient (Wildman–Crippen LogP) is 8.18. The lowest BCUT2D eigenvalue weighted by Crippen LogP contribution is -2.43. The number of amidine groups is 1. The summed E-state index contributed by atoms with van der Waals surface area (Å²) in [5, 5.41) is 8.19. The van der Waals surface area contributed by atoms with Crippen LogP contribution in [0.5, 0.6) is 5.75 Å². The number of rotatable bonds is 7. The molecule has 240 valence electrons. The van der Waals surface area contributed by atoms with Crippen molar-refractivity contribution in [2.75, 3.05) is 10.7 Å². The van der Waals surface area contributed by atoms with Gasteiger partial charge in [0.25, 0.3) is 0 Å². The largest absolute Gasteiger partial charge is 0.573 e. The van der Waals surface area contributed by atoms with E-state index in [-0.39, 0.29) is 23.5 Å². The third kappa shape index (κ3) is 6.88. The smallest absolute Gasteiger partial charge is 0.406 e. The summed E-state index contributed by atoms with van der Waals surface area (Å²) in [4.78, 5) is 24.2. The van der Waals surface area contributed by atoms with Crippen molar-refractivity contribution in [1.29, 1.82) is 0 Å². The number of anilines is 1. The molecule has 0 radical (unpaired) electrons. The molecule has 8 nitrogen and oxygen atoms in total. The molecule has 4 aromatic rings. The van der Waals surface area contributed by atoms with Gasteiger partial charge in [0.1, 0.15) is 17.9 Å². The van der Waals surface area contributed by atoms with Crippen LogP contribution in [0.2, 0.25) is 0 Å². The Bertz CT molecular complexity index is 1750. The molecule has 2 fully saturated rings. The van der Waals surface area contributed by atoms with Gasteiger partial charge in [-0.05, 0) is 85.7 Å². The number of nitrogens with one attached hydrogen (secondary N) is 1. The van der Waals surface area contributed by atoms with Crippen molar-refractivity contribution in [3.05, 3.63) is 90.0 Å². The van der Waals surface area contributed by atoms with Crippen LogP contribution in [0, 0.1) is 5.82 Å². The van der Waals surface area contributed by atoms with E-state index in [0.717, 1.165) is 47.4 Å². The first-order valence-corrected chi connectivity index (χ1v) is 15.9. The number of carbonyl (C=O) groups excluding carboxylic acids is 1. The van der Waals surface area contributed by atoms with E-state index < -0.39 is 17.9 Å². The second-order valence-corrected chi connectivity index (χ2v) is 12.8. The zero-order valence-electron chi connectivity index (χ0n) is 25.4. The number of halogens is 4. The van der Waals surface area contributed by atoms with Gasteiger partial charge in [-0.2, -0.15) is 4.99 Å². The molecule has 2 amide bonds. The highest BCUT2D eigenvalue weighted by atomic mass is 32.2. The number of aromatic nitrogens is 3. The minimum Gasteiger partial charge on any atom is -0.406 e. The number of aliphatic imine (C=N–C) groups is 1. The lowest BCUT2D eigenvalue weighted by atomic mass is 9.99. The third-order valence-corrected chi connectivity index (χ3v) is 9.09. The molecule has 3 aromatic carbocycles. The first kappa shape index (κ1) is 31.6. The number of hydrogen-bond donors (Lipinski definition) is 1. The van der Waals surface area contributed by atoms with Gasteiger partial charge in [0.05, 0.1) is 11.2 Å². The molecule has 46 heavy (non-hydrogen) atoms. The Labute approximate surface area is 267 Å². The number of amides is 2. The van der Waals surface area contributed by atoms with Gasteiger partial charge >= 0.3 is 12.4 Å². The van der Waals surface area contributed by atoms with Crippen LogP contribution in [0.3, 0.4) is 0 Å². The molecule has 6 rings (SSSR count). The number of urea groups is 1. The van der Waals surface area contributed by atoms with Gasteiger partial charge in [-0.25, -0.2) is 18.9 Å². The number of thioether (sulfide) groups is 1. The molecular weight excluding hydrogens is 620 g/mol. The van der Waals surface area contributed by atoms with E-state index in [2.05, 4.69) is 32.1 Å². The van der Waals surface area contributed by atoms with Gasteiger partial charge in [0.15, 0.2) is 11.0 Å². The molecule has 2 heterocycles. The maximum atomic E-state index is 14.1. The number of carbonyl (C=O) groups is 1. The van der Waals surface area contributed by atoms with Crippen LogP contribution in [0.1, 0.15) is 57.1 Å². The highest BCUT2D eigenvalue weighted by Gasteiger charge is 2.46. The molecule has 1 saturated carbocycles. The van der Waals surface area contributed by atoms with Gasteiger partial charge in [-0.1, -0.05) is 49.9 Å². The average molecular weight is 653 g/mol. The Kier molecular flexibility index (Phi) is 8.53. The Morgan fingerprint density at radius 2 is 1.80 bits per heavy atom. The molecule has 1 atom stereocenters. The summed E-state index contributed by atoms with van der Waals surface area (Å²) in [6.07, 6.45) is -0.832. The molecule has 13 heteroatoms. The number of benzene rings is 3. The van der Waals surface area contributed by atoms with E-state index >= 15 is 0 Å². The van der Waals surface area contributed by atoms with E-state index in [4.69, 9.17) is 0 Å². The van der Waals surface area contributed by atoms with Gasteiger partial charge in [-0.15, -0.1) is 18.3 Å². The number of ether oxygens (including phenoxy) is 1. The Balaban J connectivity index is 1.16. The van der Waals surface area contributed by atoms with Crippen LogP contribution in [-0.2, 0) is 5.54 Å². The summed E-state index contributed by atoms with van der Waals surface area (Å²) in [5.74, 6) is 0.746. The number of hydrogen-bond acceptors (Lipinski definition) is 5. The van der Waals surface area contributed by atoms with E-state index in [9.17, 15) is 22.4 Å². The molecule has 1 aliphatic carbocycles. The standard InChI is InChI=1S/C33H32F4N6O2S/c1-20(2)27-18-24(34)8-13-28(27)43-21(3)14-17-46-31(43)39-30(44)40-32(15-16-32)23-6-4-22(5-7-23)29-38-19-42(41-29)25-9-11-26(12-10-25)45-33(35,36)37/h4-13,18-21H,14-17H2,1-3H3,(H,40,44)/b39-31-. The number of alkyl halides is 3. The summed E-state index contributed by atoms with van der Waals surface area (Å²) in [5.41, 5.74) is 3.41. The summed E-state index contributed by atoms with van der Waals surface area (Å²) in [6, 6.07) is 17.4. The van der Waals surface area contributed by atoms with Crippen LogP contribution in [-0.4, -0.2) is 44.1 Å². The molecule has 1 unspecified atom stereocenters. The molecule has 1 aliphatic heterocycles. The van der Waals surface area contributed by atoms with Crippen LogP contribution in [0.25, 0.3) is 17.1 Å². The van der Waals surface area contributed by atoms with Crippen LogP contribution < -0.4 is 15.0 Å². The monoisotopic (exact) mass is 652 g/mol. The van der Waals surface area contributed by atoms with Crippen molar-refractivity contribution in [3.8, 4) is 22.8 Å². The molecule has 1 N–H and O–H groups in total. The first-order valence-electron chi connectivity index (χ1n) is 14.9. The van der Waals surface area contributed by atoms with E-state index in [1.807, 2.05) is 43.0 Å². The molecule has 2 aliphatic rings. The molecule has 1 saturated heterocycles. The van der Waals surface area contributed by atoms with E-state index in [1.165, 1.54) is 53.1 Å². The zero-order valence-corrected chi connectivity index (χ0v) is 26.2. The lowest BCUT2D eigenvalue weighted by molar-refractivity contribution is -0.274. The summed E-state index contributed by atoms with van der Waals surface area (Å²) < 4.78 is 56.9. The van der Waals surface area contributed by atoms with E-state index in [0.29, 0.717) is 16.7 Å². The summed E-state index contributed by atoms with van der Waals surface area (Å²) in [6.45, 7) is 6.13. The van der Waals surface area contributed by atoms with Crippen molar-refractivity contribution < 1.29 is 27.1 Å². The fourth-order valence-electron chi connectivity index (χ4n) is 5.53. The van der Waals surface area contributed by atoms with Gasteiger partial charge in [-0.3, -0.25) is 0 Å². The quantitative estimate of drug-likeness (QED) is 0.203. The number of nitrogens with zero attached hydrogens (tertiary/aromatic N) is 5. The lowest BCUT2D eigenvalue weighted by Gasteiger charge is -2.37. The minimum absolute atomic E-state index is 0.0925. The zero-order chi connectivity index (χ0) is 32.6. The fraction of sp³-hybridized carbons (Fsp3) is 0.333. The van der Waals surface area contributed by atoms with Gasteiger partial charge in [0, 0.05) is 23.0 Å². The Hall–Kier alpha value is -4.39. The van der Waals surface area contributed by atoms with Crippen LogP contribution in [0.15, 0.2) is 78.0 Å². The van der Waals surface area contributed by atoms with Crippen LogP contribution in [0.4, 0.5) is 28.0 Å². The third-order valence-electron chi connectivity index (χ3n) is 8.10. The molecular formula is C33H32F4N6O2S. The van der Waals surface area contributed by atoms with Crippen LogP contribution >= 0.6 is 11.8 Å². The highest BCUT2D eigenvalue weighted by Crippen LogP contribution is 2.46. The predicted molar refractivity (Wildman–Crippen MR) is 170 cm³/mol. The van der Waals surface area contributed by atoms with Crippen molar-refractivity contribution >= 4 is 28.6 Å². The second kappa shape index (κ2) is 12.4. The molecule has 1 aromatic heterocycles.